The highest BCUT2D eigenvalue weighted by molar-refractivity contribution is 7.89. The number of hydrogen-bond donors (Lipinski definition) is 1. The molecule has 0 radical (unpaired) electrons. The number of benzene rings is 1. The molecule has 1 aromatic carbocycles. The van der Waals surface area contributed by atoms with Crippen LogP contribution < -0.4 is 4.72 Å². The first kappa shape index (κ1) is 19.6. The van der Waals surface area contributed by atoms with Gasteiger partial charge in [0.1, 0.15) is 0 Å². The van der Waals surface area contributed by atoms with Gasteiger partial charge in [-0.25, -0.2) is 13.1 Å². The number of rotatable bonds is 8. The van der Waals surface area contributed by atoms with Gasteiger partial charge < -0.3 is 0 Å². The first-order valence-electron chi connectivity index (χ1n) is 8.92. The summed E-state index contributed by atoms with van der Waals surface area (Å²) in [5, 5.41) is 0. The van der Waals surface area contributed by atoms with Crippen molar-refractivity contribution in [2.24, 2.45) is 5.92 Å². The van der Waals surface area contributed by atoms with Crippen molar-refractivity contribution in [2.45, 2.75) is 63.3 Å². The van der Waals surface area contributed by atoms with Gasteiger partial charge in [-0.1, -0.05) is 38.3 Å². The summed E-state index contributed by atoms with van der Waals surface area (Å²) in [4.78, 5) is 0.845. The highest BCUT2D eigenvalue weighted by Crippen LogP contribution is 2.27. The maximum absolute atomic E-state index is 12.7. The van der Waals surface area contributed by atoms with Crippen molar-refractivity contribution in [2.75, 3.05) is 11.5 Å². The van der Waals surface area contributed by atoms with Crippen LogP contribution in [0.3, 0.4) is 0 Å². The molecular weight excluding hydrogens is 342 g/mol. The first-order chi connectivity index (χ1) is 11.4. The average Bonchev–Trinajstić information content (AvgIpc) is 2.57. The van der Waals surface area contributed by atoms with Crippen LogP contribution in [-0.2, 0) is 27.2 Å². The molecule has 0 spiro atoms. The number of aryl methyl sites for hydroxylation is 1. The molecule has 1 fully saturated rings. The van der Waals surface area contributed by atoms with Gasteiger partial charge in [0.15, 0.2) is 0 Å². The summed E-state index contributed by atoms with van der Waals surface area (Å²) in [7, 11) is -4.29. The van der Waals surface area contributed by atoms with Crippen LogP contribution in [0.15, 0.2) is 29.2 Å². The maximum atomic E-state index is 12.7. The van der Waals surface area contributed by atoms with E-state index >= 15 is 0 Å². The highest BCUT2D eigenvalue weighted by Gasteiger charge is 2.29. The lowest BCUT2D eigenvalue weighted by atomic mass is 9.86. The molecule has 1 aliphatic carbocycles. The summed E-state index contributed by atoms with van der Waals surface area (Å²) in [6.45, 7) is 3.79. The number of hydrogen-bond acceptors (Lipinski definition) is 3. The van der Waals surface area contributed by atoms with Crippen LogP contribution in [-0.4, -0.2) is 30.2 Å². The van der Waals surface area contributed by atoms with Gasteiger partial charge in [-0.2, -0.15) is 0 Å². The van der Waals surface area contributed by atoms with Gasteiger partial charge in [0.2, 0.25) is 10.0 Å². The fourth-order valence-electron chi connectivity index (χ4n) is 3.26. The molecule has 0 bridgehead atoms. The molecule has 0 heterocycles. The van der Waals surface area contributed by atoms with Gasteiger partial charge in [0, 0.05) is 16.7 Å². The second-order valence-electron chi connectivity index (χ2n) is 6.58. The molecule has 0 aliphatic heterocycles. The van der Waals surface area contributed by atoms with Crippen LogP contribution in [0.1, 0.15) is 51.5 Å². The molecule has 0 saturated heterocycles. The minimum atomic E-state index is -3.21. The second-order valence-corrected chi connectivity index (χ2v) is 10.1. The summed E-state index contributed by atoms with van der Waals surface area (Å²) in [6.07, 6.45) is 6.04. The van der Waals surface area contributed by atoms with Gasteiger partial charge in [-0.05, 0) is 49.8 Å². The molecule has 2 rings (SSSR count). The van der Waals surface area contributed by atoms with Crippen LogP contribution in [0.2, 0.25) is 0 Å². The largest absolute Gasteiger partial charge is 0.254 e. The van der Waals surface area contributed by atoms with Crippen molar-refractivity contribution >= 4 is 20.8 Å². The Labute approximate surface area is 148 Å². The van der Waals surface area contributed by atoms with E-state index in [1.807, 2.05) is 12.1 Å². The zero-order valence-electron chi connectivity index (χ0n) is 14.7. The fourth-order valence-corrected chi connectivity index (χ4v) is 5.62. The predicted octanol–water partition coefficient (Wildman–Crippen LogP) is 3.24. The van der Waals surface area contributed by atoms with E-state index in [-0.39, 0.29) is 17.7 Å². The summed E-state index contributed by atoms with van der Waals surface area (Å²) in [6, 6.07) is 7.93. The molecule has 1 unspecified atom stereocenters. The Kier molecular flexibility index (Phi) is 7.44. The summed E-state index contributed by atoms with van der Waals surface area (Å²) in [5.41, 5.74) is 1.27. The lowest BCUT2D eigenvalue weighted by Crippen LogP contribution is -2.44. The van der Waals surface area contributed by atoms with Gasteiger partial charge >= 0.3 is 0 Å². The van der Waals surface area contributed by atoms with Crippen molar-refractivity contribution in [1.82, 2.24) is 4.72 Å². The average molecular weight is 372 g/mol. The lowest BCUT2D eigenvalue weighted by molar-refractivity contribution is 0.314. The van der Waals surface area contributed by atoms with E-state index in [0.717, 1.165) is 43.4 Å². The third-order valence-electron chi connectivity index (χ3n) is 4.71. The zero-order chi connectivity index (χ0) is 17.6. The first-order valence-corrected chi connectivity index (χ1v) is 11.9. The second kappa shape index (κ2) is 9.11. The molecule has 136 valence electrons. The van der Waals surface area contributed by atoms with Crippen LogP contribution in [0.4, 0.5) is 0 Å². The number of nitrogens with one attached hydrogen (secondary N) is 1. The third-order valence-corrected chi connectivity index (χ3v) is 7.66. The zero-order valence-corrected chi connectivity index (χ0v) is 16.3. The Morgan fingerprint density at radius 3 is 2.42 bits per heavy atom. The molecule has 4 nitrogen and oxygen atoms in total. The quantitative estimate of drug-likeness (QED) is 0.763. The van der Waals surface area contributed by atoms with E-state index in [1.165, 1.54) is 5.56 Å². The molecule has 6 heteroatoms. The van der Waals surface area contributed by atoms with E-state index in [0.29, 0.717) is 5.75 Å². The smallest absolute Gasteiger partial charge is 0.211 e. The summed E-state index contributed by atoms with van der Waals surface area (Å²) >= 11 is 0. The third kappa shape index (κ3) is 5.67. The minimum absolute atomic E-state index is 0.0768. The van der Waals surface area contributed by atoms with Crippen LogP contribution in [0.25, 0.3) is 0 Å². The van der Waals surface area contributed by atoms with E-state index in [4.69, 9.17) is 0 Å². The molecule has 3 atom stereocenters. The standard InChI is InChI=1S/C18H29NO3S2/c1-3-7-15-10-12-17(13-11-15)23(20)14-16-8-5-6-9-18(16)19-24(21,22)4-2/h10-13,16,18-19H,3-9,14H2,1-2H3/t16-,18-,23?/m0/s1. The van der Waals surface area contributed by atoms with E-state index in [9.17, 15) is 12.6 Å². The Hall–Kier alpha value is -0.720. The summed E-state index contributed by atoms with van der Waals surface area (Å²) < 4.78 is 39.3. The van der Waals surface area contributed by atoms with Crippen LogP contribution >= 0.6 is 0 Å². The lowest BCUT2D eigenvalue weighted by Gasteiger charge is -2.31. The molecule has 1 aliphatic rings. The topological polar surface area (TPSA) is 63.2 Å². The van der Waals surface area contributed by atoms with Crippen LogP contribution in [0, 0.1) is 5.92 Å². The molecule has 0 amide bonds. The monoisotopic (exact) mass is 371 g/mol. The minimum Gasteiger partial charge on any atom is -0.254 e. The predicted molar refractivity (Wildman–Crippen MR) is 100 cm³/mol. The Bertz CT molecular complexity index is 641. The van der Waals surface area contributed by atoms with E-state index in [1.54, 1.807) is 6.92 Å². The van der Waals surface area contributed by atoms with E-state index in [2.05, 4.69) is 23.8 Å². The van der Waals surface area contributed by atoms with Crippen molar-refractivity contribution in [1.29, 1.82) is 0 Å². The Morgan fingerprint density at radius 2 is 1.79 bits per heavy atom. The maximum Gasteiger partial charge on any atom is 0.211 e. The van der Waals surface area contributed by atoms with Crippen molar-refractivity contribution in [3.63, 3.8) is 0 Å². The Morgan fingerprint density at radius 1 is 1.12 bits per heavy atom. The fraction of sp³-hybridized carbons (Fsp3) is 0.667. The molecular formula is C18H29NO3S2. The van der Waals surface area contributed by atoms with Gasteiger partial charge in [0.05, 0.1) is 16.6 Å². The molecule has 1 N–H and O–H groups in total. The van der Waals surface area contributed by atoms with Crippen molar-refractivity contribution < 1.29 is 12.6 Å². The van der Waals surface area contributed by atoms with Gasteiger partial charge in [-0.15, -0.1) is 0 Å². The SMILES string of the molecule is CCCc1ccc(S(=O)C[C@@H]2CCCC[C@@H]2NS(=O)(=O)CC)cc1. The normalized spacial score (nSPS) is 23.1. The highest BCUT2D eigenvalue weighted by atomic mass is 32.2. The molecule has 24 heavy (non-hydrogen) atoms. The summed E-state index contributed by atoms with van der Waals surface area (Å²) in [5.74, 6) is 0.776. The van der Waals surface area contributed by atoms with Crippen molar-refractivity contribution in [3.05, 3.63) is 29.8 Å². The Balaban J connectivity index is 2.02. The van der Waals surface area contributed by atoms with Crippen LogP contribution in [0.5, 0.6) is 0 Å². The van der Waals surface area contributed by atoms with Gasteiger partial charge in [-0.3, -0.25) is 4.21 Å². The molecule has 1 aromatic rings. The van der Waals surface area contributed by atoms with Crippen molar-refractivity contribution in [3.8, 4) is 0 Å². The number of sulfonamides is 1. The molecule has 1 saturated carbocycles. The van der Waals surface area contributed by atoms with Gasteiger partial charge in [0.25, 0.3) is 0 Å². The molecule has 0 aromatic heterocycles. The van der Waals surface area contributed by atoms with E-state index < -0.39 is 20.8 Å².